The van der Waals surface area contributed by atoms with Crippen LogP contribution in [-0.2, 0) is 18.7 Å². The number of methoxy groups -OCH3 is 1. The summed E-state index contributed by atoms with van der Waals surface area (Å²) in [6, 6.07) is 27.8. The molecule has 1 saturated carbocycles. The van der Waals surface area contributed by atoms with Crippen LogP contribution in [0.25, 0.3) is 10.8 Å². The van der Waals surface area contributed by atoms with Crippen LogP contribution in [0, 0.1) is 5.92 Å². The number of aromatic nitrogens is 1. The third-order valence-electron chi connectivity index (χ3n) is 11.3. The second-order valence-corrected chi connectivity index (χ2v) is 20.0. The number of halogens is 1. The van der Waals surface area contributed by atoms with Gasteiger partial charge in [0.2, 0.25) is 5.91 Å². The maximum Gasteiger partial charge on any atom is 0.261 e. The van der Waals surface area contributed by atoms with Crippen molar-refractivity contribution < 1.29 is 18.7 Å². The third kappa shape index (κ3) is 6.48. The maximum atomic E-state index is 12.8. The Bertz CT molecular complexity index is 1770. The Kier molecular flexibility index (Phi) is 9.84. The van der Waals surface area contributed by atoms with Crippen molar-refractivity contribution in [2.75, 3.05) is 56.7 Å². The van der Waals surface area contributed by atoms with Crippen LogP contribution < -0.4 is 20.6 Å². The van der Waals surface area contributed by atoms with E-state index in [1.165, 1.54) is 10.4 Å². The van der Waals surface area contributed by atoms with Crippen molar-refractivity contribution in [2.24, 2.45) is 5.92 Å². The summed E-state index contributed by atoms with van der Waals surface area (Å²) in [5, 5.41) is 8.09. The second kappa shape index (κ2) is 14.0. The Morgan fingerprint density at radius 1 is 0.960 bits per heavy atom. The topological polar surface area (TPSA) is 76.2 Å². The number of nitrogens with zero attached hydrogens (tertiary/aromatic N) is 3. The summed E-state index contributed by atoms with van der Waals surface area (Å²) in [7, 11) is -1.07. The quantitative estimate of drug-likeness (QED) is 0.210. The minimum Gasteiger partial charge on any atom is -0.400 e. The minimum atomic E-state index is -2.76. The molecule has 0 bridgehead atoms. The van der Waals surface area contributed by atoms with Gasteiger partial charge in [-0.05, 0) is 58.8 Å². The zero-order valence-electron chi connectivity index (χ0n) is 29.8. The lowest BCUT2D eigenvalue weighted by Crippen LogP contribution is -2.71. The highest BCUT2D eigenvalue weighted by Gasteiger charge is 2.56. The second-order valence-electron chi connectivity index (χ2n) is 15.4. The lowest BCUT2D eigenvalue weighted by molar-refractivity contribution is -0.127. The number of amides is 1. The molecule has 3 fully saturated rings. The molecule has 7 rings (SSSR count). The molecule has 10 heteroatoms. The van der Waals surface area contributed by atoms with Crippen molar-refractivity contribution in [3.05, 3.63) is 90.1 Å². The molecule has 1 amide bonds. The van der Waals surface area contributed by atoms with Gasteiger partial charge in [0.25, 0.3) is 8.32 Å². The molecule has 0 radical (unpaired) electrons. The predicted molar refractivity (Wildman–Crippen MR) is 204 cm³/mol. The lowest BCUT2D eigenvalue weighted by atomic mass is 9.81. The maximum absolute atomic E-state index is 12.8. The number of nitrogens with one attached hydrogen (secondary N) is 1. The van der Waals surface area contributed by atoms with Crippen LogP contribution in [0.3, 0.4) is 0 Å². The van der Waals surface area contributed by atoms with E-state index >= 15 is 0 Å². The van der Waals surface area contributed by atoms with Crippen LogP contribution in [-0.4, -0.2) is 88.4 Å². The summed E-state index contributed by atoms with van der Waals surface area (Å²) in [5.41, 5.74) is 0.714. The molecule has 3 heterocycles. The molecular formula is C40H49ClN4O4Si. The van der Waals surface area contributed by atoms with Crippen LogP contribution in [0.5, 0.6) is 0 Å². The Balaban J connectivity index is 1.09. The first-order valence-electron chi connectivity index (χ1n) is 17.8. The number of carbonyl (C=O) groups is 1. The summed E-state index contributed by atoms with van der Waals surface area (Å²) in [6.45, 7) is 13.9. The smallest absolute Gasteiger partial charge is 0.261 e. The molecule has 3 aliphatic rings. The highest BCUT2D eigenvalue weighted by Crippen LogP contribution is 2.41. The molecule has 1 aromatic heterocycles. The van der Waals surface area contributed by atoms with Gasteiger partial charge in [0, 0.05) is 50.8 Å². The number of rotatable bonds is 9. The number of pyridine rings is 1. The number of benzene rings is 3. The number of fused-ring (bicyclic) bond motifs is 1. The fourth-order valence-electron chi connectivity index (χ4n) is 8.13. The standard InChI is InChI=1S/C40H49ClN4O4Si/c1-39(2,3)50(32-12-8-6-9-13-32,33-14-10-7-11-15-33)49-36-26-48-27-40(36,4)45-18-16-44(17-19-45)35-23-28-24-37(42-25-30(28)22-34(35)41)43-38(46)29-20-31(21-29)47-5/h6-15,22-25,29,31,36H,16-21,26-27H2,1-5H3,(H,42,43,46)/t29?,31?,36-,40+/m0/s1. The van der Waals surface area contributed by atoms with Crippen molar-refractivity contribution >= 4 is 58.5 Å². The number of hydrogen-bond donors (Lipinski definition) is 1. The first-order valence-corrected chi connectivity index (χ1v) is 20.1. The van der Waals surface area contributed by atoms with Gasteiger partial charge in [-0.3, -0.25) is 9.69 Å². The molecule has 8 nitrogen and oxygen atoms in total. The van der Waals surface area contributed by atoms with Crippen LogP contribution in [0.2, 0.25) is 10.1 Å². The van der Waals surface area contributed by atoms with Crippen molar-refractivity contribution in [1.82, 2.24) is 9.88 Å². The van der Waals surface area contributed by atoms with E-state index in [9.17, 15) is 4.79 Å². The normalized spacial score (nSPS) is 24.7. The molecule has 2 saturated heterocycles. The van der Waals surface area contributed by atoms with Gasteiger partial charge in [-0.2, -0.15) is 0 Å². The first-order chi connectivity index (χ1) is 24.0. The van der Waals surface area contributed by atoms with Crippen LogP contribution in [0.1, 0.15) is 40.5 Å². The van der Waals surface area contributed by atoms with Gasteiger partial charge in [0.1, 0.15) is 5.82 Å². The van der Waals surface area contributed by atoms with E-state index in [0.29, 0.717) is 24.1 Å². The average Bonchev–Trinajstić information content (AvgIpc) is 3.47. The highest BCUT2D eigenvalue weighted by atomic mass is 35.5. The Morgan fingerprint density at radius 2 is 1.60 bits per heavy atom. The summed E-state index contributed by atoms with van der Waals surface area (Å²) in [6.07, 6.45) is 3.36. The SMILES string of the molecule is COC1CC(C(=O)Nc2cc3cc(N4CCN([C@]5(C)COC[C@@H]5O[Si](c5ccccc5)(c5ccccc5)C(C)(C)C)CC4)c(Cl)cc3cn2)C1. The van der Waals surface area contributed by atoms with Gasteiger partial charge in [-0.1, -0.05) is 93.0 Å². The minimum absolute atomic E-state index is 0.00271. The number of hydrogen-bond acceptors (Lipinski definition) is 7. The molecule has 1 aliphatic carbocycles. The molecule has 264 valence electrons. The van der Waals surface area contributed by atoms with E-state index < -0.39 is 8.32 Å². The monoisotopic (exact) mass is 712 g/mol. The Morgan fingerprint density at radius 3 is 2.20 bits per heavy atom. The fourth-order valence-corrected chi connectivity index (χ4v) is 13.2. The first kappa shape index (κ1) is 35.1. The van der Waals surface area contributed by atoms with E-state index in [1.807, 2.05) is 12.1 Å². The lowest BCUT2D eigenvalue weighted by Gasteiger charge is -2.50. The molecule has 3 aromatic carbocycles. The van der Waals surface area contributed by atoms with E-state index in [0.717, 1.165) is 55.5 Å². The van der Waals surface area contributed by atoms with E-state index in [1.54, 1.807) is 13.3 Å². The highest BCUT2D eigenvalue weighted by molar-refractivity contribution is 6.99. The summed E-state index contributed by atoms with van der Waals surface area (Å²) >= 11 is 6.90. The van der Waals surface area contributed by atoms with Gasteiger partial charge >= 0.3 is 0 Å². The van der Waals surface area contributed by atoms with Gasteiger partial charge in [-0.25, -0.2) is 4.98 Å². The van der Waals surface area contributed by atoms with E-state index in [4.69, 9.17) is 25.5 Å². The predicted octanol–water partition coefficient (Wildman–Crippen LogP) is 6.11. The summed E-state index contributed by atoms with van der Waals surface area (Å²) < 4.78 is 19.3. The van der Waals surface area contributed by atoms with Gasteiger partial charge in [0.05, 0.1) is 41.7 Å². The molecule has 0 spiro atoms. The van der Waals surface area contributed by atoms with E-state index in [2.05, 4.69) is 115 Å². The number of carbonyl (C=O) groups excluding carboxylic acids is 1. The molecule has 0 unspecified atom stereocenters. The number of ether oxygens (including phenoxy) is 2. The van der Waals surface area contributed by atoms with E-state index in [-0.39, 0.29) is 34.6 Å². The number of anilines is 2. The van der Waals surface area contributed by atoms with Crippen LogP contribution in [0.15, 0.2) is 85.1 Å². The molecular weight excluding hydrogens is 664 g/mol. The van der Waals surface area contributed by atoms with Crippen molar-refractivity contribution in [2.45, 2.75) is 63.3 Å². The molecule has 50 heavy (non-hydrogen) atoms. The van der Waals surface area contributed by atoms with Gasteiger partial charge in [0.15, 0.2) is 0 Å². The zero-order chi connectivity index (χ0) is 35.1. The van der Waals surface area contributed by atoms with Crippen molar-refractivity contribution in [3.8, 4) is 0 Å². The molecule has 2 aliphatic heterocycles. The van der Waals surface area contributed by atoms with Gasteiger partial charge < -0.3 is 24.1 Å². The van der Waals surface area contributed by atoms with Gasteiger partial charge in [-0.15, -0.1) is 0 Å². The van der Waals surface area contributed by atoms with Crippen molar-refractivity contribution in [1.29, 1.82) is 0 Å². The fraction of sp³-hybridized carbons (Fsp3) is 0.450. The average molecular weight is 713 g/mol. The molecule has 2 atom stereocenters. The van der Waals surface area contributed by atoms with Crippen molar-refractivity contribution in [3.63, 3.8) is 0 Å². The molecule has 4 aromatic rings. The third-order valence-corrected chi connectivity index (χ3v) is 16.6. The summed E-state index contributed by atoms with van der Waals surface area (Å²) in [4.78, 5) is 22.2. The van der Waals surface area contributed by atoms with Crippen LogP contribution >= 0.6 is 11.6 Å². The summed E-state index contributed by atoms with van der Waals surface area (Å²) in [5.74, 6) is 0.523. The molecule has 1 N–H and O–H groups in total. The van der Waals surface area contributed by atoms with Crippen LogP contribution in [0.4, 0.5) is 11.5 Å². The Hall–Kier alpha value is -3.31. The zero-order valence-corrected chi connectivity index (χ0v) is 31.6. The Labute approximate surface area is 302 Å². The number of piperazine rings is 1. The largest absolute Gasteiger partial charge is 0.400 e.